The third-order valence-corrected chi connectivity index (χ3v) is 5.79. The van der Waals surface area contributed by atoms with Crippen molar-refractivity contribution in [3.63, 3.8) is 0 Å². The van der Waals surface area contributed by atoms with E-state index < -0.39 is 10.0 Å². The highest BCUT2D eigenvalue weighted by Crippen LogP contribution is 2.21. The molecule has 0 unspecified atom stereocenters. The number of nitrogens with one attached hydrogen (secondary N) is 1. The summed E-state index contributed by atoms with van der Waals surface area (Å²) in [6.45, 7) is 5.11. The molecule has 0 saturated heterocycles. The van der Waals surface area contributed by atoms with E-state index in [1.54, 1.807) is 10.9 Å². The number of rotatable bonds is 7. The quantitative estimate of drug-likeness (QED) is 0.831. The Bertz CT molecular complexity index is 562. The van der Waals surface area contributed by atoms with Crippen molar-refractivity contribution in [2.45, 2.75) is 62.9 Å². The van der Waals surface area contributed by atoms with Crippen molar-refractivity contribution >= 4 is 10.0 Å². The first kappa shape index (κ1) is 17.4. The third kappa shape index (κ3) is 4.54. The number of likely N-dealkylation sites (N-methyl/N-ethyl adjacent to an activating group) is 1. The molecule has 0 atom stereocenters. The third-order valence-electron chi connectivity index (χ3n) is 4.37. The molecule has 1 aromatic heterocycles. The summed E-state index contributed by atoms with van der Waals surface area (Å²) < 4.78 is 28.8. The van der Waals surface area contributed by atoms with Crippen LogP contribution in [-0.4, -0.2) is 49.3 Å². The molecule has 0 bridgehead atoms. The topological polar surface area (TPSA) is 67.2 Å². The van der Waals surface area contributed by atoms with Crippen LogP contribution in [0.5, 0.6) is 0 Å². The lowest BCUT2D eigenvalue weighted by Gasteiger charge is -2.31. The summed E-state index contributed by atoms with van der Waals surface area (Å²) in [7, 11) is -1.37. The minimum atomic E-state index is -3.46. The highest BCUT2D eigenvalue weighted by atomic mass is 32.2. The zero-order valence-electron chi connectivity index (χ0n) is 13.8. The van der Waals surface area contributed by atoms with Crippen molar-refractivity contribution in [3.05, 3.63) is 12.4 Å². The zero-order valence-corrected chi connectivity index (χ0v) is 14.6. The van der Waals surface area contributed by atoms with E-state index in [4.69, 9.17) is 0 Å². The molecule has 0 aromatic carbocycles. The van der Waals surface area contributed by atoms with E-state index in [0.29, 0.717) is 12.6 Å². The SMILES string of the molecule is CC(C)n1cc(S(=O)(=O)NCCN(C)C2CCCCC2)cn1. The van der Waals surface area contributed by atoms with Gasteiger partial charge in [0.25, 0.3) is 0 Å². The Morgan fingerprint density at radius 2 is 2.05 bits per heavy atom. The summed E-state index contributed by atoms with van der Waals surface area (Å²) in [6, 6.07) is 0.753. The molecule has 1 aliphatic carbocycles. The molecule has 0 radical (unpaired) electrons. The van der Waals surface area contributed by atoms with Gasteiger partial charge in [0.2, 0.25) is 10.0 Å². The molecule has 1 heterocycles. The van der Waals surface area contributed by atoms with Crippen LogP contribution in [0.4, 0.5) is 0 Å². The van der Waals surface area contributed by atoms with E-state index in [2.05, 4.69) is 21.8 Å². The average molecular weight is 328 g/mol. The van der Waals surface area contributed by atoms with Crippen LogP contribution in [0.15, 0.2) is 17.3 Å². The van der Waals surface area contributed by atoms with Gasteiger partial charge in [0.05, 0.1) is 6.20 Å². The molecule has 1 saturated carbocycles. The molecule has 126 valence electrons. The van der Waals surface area contributed by atoms with Crippen LogP contribution >= 0.6 is 0 Å². The van der Waals surface area contributed by atoms with Gasteiger partial charge in [0, 0.05) is 31.4 Å². The summed E-state index contributed by atoms with van der Waals surface area (Å²) in [6.07, 6.45) is 9.35. The first-order valence-corrected chi connectivity index (χ1v) is 9.62. The lowest BCUT2D eigenvalue weighted by Crippen LogP contribution is -2.39. The lowest BCUT2D eigenvalue weighted by atomic mass is 9.94. The van der Waals surface area contributed by atoms with Crippen LogP contribution in [0.1, 0.15) is 52.0 Å². The van der Waals surface area contributed by atoms with Crippen LogP contribution in [0.3, 0.4) is 0 Å². The molecule has 0 aliphatic heterocycles. The Hall–Kier alpha value is -0.920. The van der Waals surface area contributed by atoms with E-state index in [1.807, 2.05) is 13.8 Å². The molecule has 1 aromatic rings. The fourth-order valence-electron chi connectivity index (χ4n) is 2.89. The molecular formula is C15H28N4O2S. The number of aromatic nitrogens is 2. The molecule has 1 aliphatic rings. The van der Waals surface area contributed by atoms with Gasteiger partial charge < -0.3 is 4.90 Å². The summed E-state index contributed by atoms with van der Waals surface area (Å²) in [4.78, 5) is 2.51. The van der Waals surface area contributed by atoms with Crippen LogP contribution in [-0.2, 0) is 10.0 Å². The van der Waals surface area contributed by atoms with Crippen molar-refractivity contribution in [3.8, 4) is 0 Å². The number of nitrogens with zero attached hydrogens (tertiary/aromatic N) is 3. The van der Waals surface area contributed by atoms with Crippen molar-refractivity contribution in [2.75, 3.05) is 20.1 Å². The second-order valence-corrected chi connectivity index (χ2v) is 8.19. The first-order chi connectivity index (χ1) is 10.4. The molecule has 0 amide bonds. The van der Waals surface area contributed by atoms with Crippen LogP contribution in [0.25, 0.3) is 0 Å². The monoisotopic (exact) mass is 328 g/mol. The molecule has 2 rings (SSSR count). The summed E-state index contributed by atoms with van der Waals surface area (Å²) in [5.41, 5.74) is 0. The maximum atomic E-state index is 12.2. The fourth-order valence-corrected chi connectivity index (χ4v) is 3.85. The van der Waals surface area contributed by atoms with Crippen LogP contribution in [0, 0.1) is 0 Å². The Labute approximate surface area is 133 Å². The van der Waals surface area contributed by atoms with Crippen molar-refractivity contribution in [1.29, 1.82) is 0 Å². The molecular weight excluding hydrogens is 300 g/mol. The van der Waals surface area contributed by atoms with E-state index >= 15 is 0 Å². The van der Waals surface area contributed by atoms with Crippen molar-refractivity contribution in [1.82, 2.24) is 19.4 Å². The largest absolute Gasteiger partial charge is 0.302 e. The second-order valence-electron chi connectivity index (χ2n) is 6.42. The van der Waals surface area contributed by atoms with Gasteiger partial charge >= 0.3 is 0 Å². The molecule has 0 spiro atoms. The highest BCUT2D eigenvalue weighted by Gasteiger charge is 2.20. The first-order valence-electron chi connectivity index (χ1n) is 8.14. The van der Waals surface area contributed by atoms with Gasteiger partial charge in [0.15, 0.2) is 0 Å². The van der Waals surface area contributed by atoms with Gasteiger partial charge in [-0.1, -0.05) is 19.3 Å². The van der Waals surface area contributed by atoms with E-state index in [0.717, 1.165) is 6.54 Å². The van der Waals surface area contributed by atoms with Crippen molar-refractivity contribution < 1.29 is 8.42 Å². The Morgan fingerprint density at radius 3 is 2.64 bits per heavy atom. The normalized spacial score (nSPS) is 17.5. The second kappa shape index (κ2) is 7.57. The molecule has 1 N–H and O–H groups in total. The lowest BCUT2D eigenvalue weighted by molar-refractivity contribution is 0.195. The Balaban J connectivity index is 1.84. The van der Waals surface area contributed by atoms with Crippen LogP contribution < -0.4 is 4.72 Å². The smallest absolute Gasteiger partial charge is 0.243 e. The molecule has 6 nitrogen and oxygen atoms in total. The van der Waals surface area contributed by atoms with E-state index in [9.17, 15) is 8.42 Å². The van der Waals surface area contributed by atoms with E-state index in [1.165, 1.54) is 38.3 Å². The summed E-state index contributed by atoms with van der Waals surface area (Å²) in [5, 5.41) is 4.09. The standard InChI is InChI=1S/C15H28N4O2S/c1-13(2)19-12-15(11-16-19)22(20,21)17-9-10-18(3)14-7-5-4-6-8-14/h11-14,17H,4-10H2,1-3H3. The number of hydrogen-bond acceptors (Lipinski definition) is 4. The summed E-state index contributed by atoms with van der Waals surface area (Å²) >= 11 is 0. The molecule has 7 heteroatoms. The fraction of sp³-hybridized carbons (Fsp3) is 0.800. The van der Waals surface area contributed by atoms with Crippen LogP contribution in [0.2, 0.25) is 0 Å². The van der Waals surface area contributed by atoms with Gasteiger partial charge in [0.1, 0.15) is 4.90 Å². The van der Waals surface area contributed by atoms with Gasteiger partial charge in [-0.15, -0.1) is 0 Å². The average Bonchev–Trinajstić information content (AvgIpc) is 2.99. The minimum absolute atomic E-state index is 0.154. The number of hydrogen-bond donors (Lipinski definition) is 1. The maximum absolute atomic E-state index is 12.2. The number of sulfonamides is 1. The van der Waals surface area contributed by atoms with Gasteiger partial charge in [-0.05, 0) is 33.7 Å². The minimum Gasteiger partial charge on any atom is -0.302 e. The zero-order chi connectivity index (χ0) is 16.2. The molecule has 22 heavy (non-hydrogen) atoms. The van der Waals surface area contributed by atoms with Gasteiger partial charge in [-0.2, -0.15) is 5.10 Å². The predicted molar refractivity (Wildman–Crippen MR) is 87.3 cm³/mol. The maximum Gasteiger partial charge on any atom is 0.243 e. The highest BCUT2D eigenvalue weighted by molar-refractivity contribution is 7.89. The summed E-state index contributed by atoms with van der Waals surface area (Å²) in [5.74, 6) is 0. The van der Waals surface area contributed by atoms with E-state index in [-0.39, 0.29) is 10.9 Å². The van der Waals surface area contributed by atoms with Gasteiger partial charge in [-0.25, -0.2) is 13.1 Å². The van der Waals surface area contributed by atoms with Gasteiger partial charge in [-0.3, -0.25) is 4.68 Å². The Morgan fingerprint density at radius 1 is 1.36 bits per heavy atom. The van der Waals surface area contributed by atoms with Crippen molar-refractivity contribution in [2.24, 2.45) is 0 Å². The predicted octanol–water partition coefficient (Wildman–Crippen LogP) is 2.01. The Kier molecular flexibility index (Phi) is 6.00. The molecule has 1 fully saturated rings.